The van der Waals surface area contributed by atoms with Gasteiger partial charge in [-0.3, -0.25) is 9.71 Å². The maximum atomic E-state index is 13.8. The Labute approximate surface area is 154 Å². The standard InChI is InChI=1S/C17H14F5N3OS/c18-14-2-1-7-23-16(14)11-5-8-25(9-6-11)27(26)24-12-3-4-13(15(19)10-12)17(20,21)22/h1-5,7,10,24H,6,8-9H2. The highest BCUT2D eigenvalue weighted by Crippen LogP contribution is 2.32. The van der Waals surface area contributed by atoms with E-state index in [2.05, 4.69) is 9.71 Å². The van der Waals surface area contributed by atoms with Crippen LogP contribution in [0.15, 0.2) is 42.6 Å². The first-order chi connectivity index (χ1) is 12.8. The van der Waals surface area contributed by atoms with Crippen molar-refractivity contribution in [3.8, 4) is 0 Å². The molecular weight excluding hydrogens is 389 g/mol. The van der Waals surface area contributed by atoms with Gasteiger partial charge in [0, 0.05) is 19.3 Å². The molecule has 1 atom stereocenters. The van der Waals surface area contributed by atoms with Crippen molar-refractivity contribution in [2.24, 2.45) is 0 Å². The first-order valence-corrected chi connectivity index (χ1v) is 8.96. The number of nitrogens with one attached hydrogen (secondary N) is 1. The third-order valence-corrected chi connectivity index (χ3v) is 5.16. The molecule has 3 rings (SSSR count). The Hall–Kier alpha value is -2.33. The van der Waals surface area contributed by atoms with Gasteiger partial charge in [-0.1, -0.05) is 6.08 Å². The molecule has 0 saturated carbocycles. The van der Waals surface area contributed by atoms with Crippen molar-refractivity contribution in [3.63, 3.8) is 0 Å². The number of benzene rings is 1. The summed E-state index contributed by atoms with van der Waals surface area (Å²) < 4.78 is 81.4. The lowest BCUT2D eigenvalue weighted by Gasteiger charge is -2.25. The van der Waals surface area contributed by atoms with Crippen molar-refractivity contribution in [2.75, 3.05) is 17.8 Å². The minimum atomic E-state index is -4.80. The zero-order chi connectivity index (χ0) is 19.6. The van der Waals surface area contributed by atoms with Crippen LogP contribution in [0.2, 0.25) is 0 Å². The molecule has 144 valence electrons. The predicted octanol–water partition coefficient (Wildman–Crippen LogP) is 4.16. The quantitative estimate of drug-likeness (QED) is 0.780. The number of nitrogens with zero attached hydrogens (tertiary/aromatic N) is 2. The molecule has 0 spiro atoms. The van der Waals surface area contributed by atoms with Gasteiger partial charge < -0.3 is 0 Å². The number of aromatic nitrogens is 1. The molecule has 1 aromatic heterocycles. The summed E-state index contributed by atoms with van der Waals surface area (Å²) in [5, 5.41) is 0. The van der Waals surface area contributed by atoms with Crippen molar-refractivity contribution in [1.29, 1.82) is 0 Å². The van der Waals surface area contributed by atoms with Crippen LogP contribution in [0.1, 0.15) is 17.7 Å². The first-order valence-electron chi connectivity index (χ1n) is 7.86. The van der Waals surface area contributed by atoms with Gasteiger partial charge in [-0.25, -0.2) is 17.3 Å². The zero-order valence-electron chi connectivity index (χ0n) is 13.8. The number of anilines is 1. The Kier molecular flexibility index (Phi) is 5.56. The number of pyridine rings is 1. The Bertz CT molecular complexity index is 900. The Balaban J connectivity index is 1.66. The summed E-state index contributed by atoms with van der Waals surface area (Å²) in [7, 11) is 0. The summed E-state index contributed by atoms with van der Waals surface area (Å²) in [4.78, 5) is 3.99. The topological polar surface area (TPSA) is 45.2 Å². The van der Waals surface area contributed by atoms with E-state index in [1.807, 2.05) is 0 Å². The minimum Gasteiger partial charge on any atom is -0.292 e. The number of alkyl halides is 3. The predicted molar refractivity (Wildman–Crippen MR) is 91.5 cm³/mol. The van der Waals surface area contributed by atoms with Crippen molar-refractivity contribution in [3.05, 3.63) is 65.5 Å². The van der Waals surface area contributed by atoms with Crippen LogP contribution in [0.25, 0.3) is 5.57 Å². The van der Waals surface area contributed by atoms with Crippen molar-refractivity contribution in [1.82, 2.24) is 9.29 Å². The number of halogens is 5. The molecule has 27 heavy (non-hydrogen) atoms. The maximum Gasteiger partial charge on any atom is 0.419 e. The van der Waals surface area contributed by atoms with E-state index in [1.165, 1.54) is 22.6 Å². The largest absolute Gasteiger partial charge is 0.419 e. The molecule has 0 amide bonds. The lowest BCUT2D eigenvalue weighted by molar-refractivity contribution is -0.139. The molecule has 1 aromatic carbocycles. The SMILES string of the molecule is O=S(Nc1ccc(C(F)(F)F)c(F)c1)N1CC=C(c2ncccc2F)CC1. The number of rotatable bonds is 4. The fraction of sp³-hybridized carbons (Fsp3) is 0.235. The molecule has 1 N–H and O–H groups in total. The highest BCUT2D eigenvalue weighted by atomic mass is 32.2. The minimum absolute atomic E-state index is 0.0376. The van der Waals surface area contributed by atoms with E-state index < -0.39 is 34.5 Å². The summed E-state index contributed by atoms with van der Waals surface area (Å²) in [5.41, 5.74) is -0.506. The Morgan fingerprint density at radius 3 is 2.52 bits per heavy atom. The average Bonchev–Trinajstić information content (AvgIpc) is 2.61. The van der Waals surface area contributed by atoms with E-state index in [9.17, 15) is 26.2 Å². The lowest BCUT2D eigenvalue weighted by atomic mass is 10.1. The summed E-state index contributed by atoms with van der Waals surface area (Å²) >= 11 is -1.79. The van der Waals surface area contributed by atoms with E-state index in [-0.39, 0.29) is 17.9 Å². The van der Waals surface area contributed by atoms with Crippen molar-refractivity contribution < 1.29 is 26.2 Å². The number of hydrogen-bond donors (Lipinski definition) is 1. The summed E-state index contributed by atoms with van der Waals surface area (Å²) in [6, 6.07) is 5.03. The highest BCUT2D eigenvalue weighted by molar-refractivity contribution is 7.84. The van der Waals surface area contributed by atoms with E-state index in [4.69, 9.17) is 0 Å². The normalized spacial score (nSPS) is 16.7. The molecule has 2 heterocycles. The van der Waals surface area contributed by atoms with Gasteiger partial charge in [0.1, 0.15) is 17.3 Å². The van der Waals surface area contributed by atoms with Crippen LogP contribution < -0.4 is 4.72 Å². The van der Waals surface area contributed by atoms with Crippen LogP contribution in [0.5, 0.6) is 0 Å². The van der Waals surface area contributed by atoms with Crippen LogP contribution in [-0.4, -0.2) is 26.6 Å². The Morgan fingerprint density at radius 2 is 1.93 bits per heavy atom. The molecule has 4 nitrogen and oxygen atoms in total. The van der Waals surface area contributed by atoms with Crippen LogP contribution in [0.4, 0.5) is 27.6 Å². The monoisotopic (exact) mass is 403 g/mol. The van der Waals surface area contributed by atoms with E-state index >= 15 is 0 Å². The maximum absolute atomic E-state index is 13.8. The fourth-order valence-electron chi connectivity index (χ4n) is 2.61. The van der Waals surface area contributed by atoms with Gasteiger partial charge in [0.15, 0.2) is 11.2 Å². The number of hydrogen-bond acceptors (Lipinski definition) is 2. The second kappa shape index (κ2) is 7.73. The van der Waals surface area contributed by atoms with Crippen LogP contribution in [0, 0.1) is 11.6 Å². The highest BCUT2D eigenvalue weighted by Gasteiger charge is 2.34. The molecule has 0 aliphatic carbocycles. The molecule has 0 bridgehead atoms. The molecule has 10 heteroatoms. The molecule has 1 aliphatic rings. The third kappa shape index (κ3) is 4.51. The van der Waals surface area contributed by atoms with Gasteiger partial charge in [-0.2, -0.15) is 13.2 Å². The molecular formula is C17H14F5N3OS. The molecule has 1 aliphatic heterocycles. The molecule has 2 aromatic rings. The van der Waals surface area contributed by atoms with Gasteiger partial charge in [0.05, 0.1) is 11.3 Å². The molecule has 0 radical (unpaired) electrons. The summed E-state index contributed by atoms with van der Waals surface area (Å²) in [6.45, 7) is 0.526. The van der Waals surface area contributed by atoms with Gasteiger partial charge in [-0.15, -0.1) is 0 Å². The molecule has 0 fully saturated rings. The zero-order valence-corrected chi connectivity index (χ0v) is 14.6. The molecule has 1 unspecified atom stereocenters. The average molecular weight is 403 g/mol. The van der Waals surface area contributed by atoms with Crippen molar-refractivity contribution >= 4 is 22.4 Å². The van der Waals surface area contributed by atoms with E-state index in [1.54, 1.807) is 6.08 Å². The van der Waals surface area contributed by atoms with Crippen molar-refractivity contribution in [2.45, 2.75) is 12.6 Å². The van der Waals surface area contributed by atoms with Gasteiger partial charge in [0.2, 0.25) is 0 Å². The smallest absolute Gasteiger partial charge is 0.292 e. The lowest BCUT2D eigenvalue weighted by Crippen LogP contribution is -2.34. The van der Waals surface area contributed by atoms with Crippen LogP contribution in [-0.2, 0) is 17.3 Å². The van der Waals surface area contributed by atoms with Crippen LogP contribution in [0.3, 0.4) is 0 Å². The molecule has 0 saturated heterocycles. The summed E-state index contributed by atoms with van der Waals surface area (Å²) in [6.07, 6.45) is -1.24. The van der Waals surface area contributed by atoms with Gasteiger partial charge in [0.25, 0.3) is 0 Å². The van der Waals surface area contributed by atoms with Crippen LogP contribution >= 0.6 is 0 Å². The van der Waals surface area contributed by atoms with Gasteiger partial charge >= 0.3 is 6.18 Å². The Morgan fingerprint density at radius 1 is 1.15 bits per heavy atom. The van der Waals surface area contributed by atoms with E-state index in [0.29, 0.717) is 30.7 Å². The summed E-state index contributed by atoms with van der Waals surface area (Å²) in [5.74, 6) is -1.90. The second-order valence-electron chi connectivity index (χ2n) is 5.74. The first kappa shape index (κ1) is 19.4. The second-order valence-corrected chi connectivity index (χ2v) is 6.96. The van der Waals surface area contributed by atoms with Gasteiger partial charge in [-0.05, 0) is 42.3 Å². The van der Waals surface area contributed by atoms with E-state index in [0.717, 1.165) is 6.07 Å². The third-order valence-electron chi connectivity index (χ3n) is 3.95. The fourth-order valence-corrected chi connectivity index (χ4v) is 3.54.